The fourth-order valence-corrected chi connectivity index (χ4v) is 4.38. The van der Waals surface area contributed by atoms with Crippen LogP contribution < -0.4 is 0 Å². The van der Waals surface area contributed by atoms with Gasteiger partial charge < -0.3 is 9.64 Å². The minimum absolute atomic E-state index is 0.0268. The van der Waals surface area contributed by atoms with Gasteiger partial charge in [-0.2, -0.15) is 5.10 Å². The van der Waals surface area contributed by atoms with Crippen LogP contribution in [0.2, 0.25) is 0 Å². The lowest BCUT2D eigenvalue weighted by molar-refractivity contribution is -0.0385. The third-order valence-corrected chi connectivity index (χ3v) is 5.79. The van der Waals surface area contributed by atoms with Gasteiger partial charge in [0.05, 0.1) is 35.0 Å². The SMILES string of the molecule is Cc1nn(-c2ccc(F)cc2)c2sc(C(=O)N3CC(C)OCC3C)cc12. The number of amides is 1. The van der Waals surface area contributed by atoms with Crippen molar-refractivity contribution in [1.29, 1.82) is 0 Å². The predicted octanol–water partition coefficient (Wildman–Crippen LogP) is 3.78. The molecule has 1 amide bonds. The highest BCUT2D eigenvalue weighted by Crippen LogP contribution is 2.32. The zero-order valence-electron chi connectivity index (χ0n) is 14.9. The van der Waals surface area contributed by atoms with Crippen LogP contribution in [0.5, 0.6) is 0 Å². The fraction of sp³-hybridized carbons (Fsp3) is 0.368. The normalized spacial score (nSPS) is 20.7. The first-order valence-corrected chi connectivity index (χ1v) is 9.43. The lowest BCUT2D eigenvalue weighted by Crippen LogP contribution is -2.50. The molecule has 4 rings (SSSR count). The minimum atomic E-state index is -0.286. The van der Waals surface area contributed by atoms with Crippen LogP contribution in [-0.4, -0.2) is 45.9 Å². The number of benzene rings is 1. The van der Waals surface area contributed by atoms with Crippen molar-refractivity contribution < 1.29 is 13.9 Å². The molecule has 2 aromatic heterocycles. The largest absolute Gasteiger partial charge is 0.375 e. The predicted molar refractivity (Wildman–Crippen MR) is 99.6 cm³/mol. The average Bonchev–Trinajstić information content (AvgIpc) is 3.18. The maximum absolute atomic E-state index is 13.2. The van der Waals surface area contributed by atoms with Crippen molar-refractivity contribution in [3.63, 3.8) is 0 Å². The Morgan fingerprint density at radius 1 is 1.31 bits per heavy atom. The Balaban J connectivity index is 1.73. The van der Waals surface area contributed by atoms with Crippen LogP contribution >= 0.6 is 11.3 Å². The van der Waals surface area contributed by atoms with Gasteiger partial charge in [0.2, 0.25) is 0 Å². The molecular formula is C19H20FN3O2S. The first-order valence-electron chi connectivity index (χ1n) is 8.61. The molecule has 136 valence electrons. The van der Waals surface area contributed by atoms with Crippen LogP contribution in [0.4, 0.5) is 4.39 Å². The number of rotatable bonds is 2. The number of hydrogen-bond acceptors (Lipinski definition) is 4. The van der Waals surface area contributed by atoms with Gasteiger partial charge in [0, 0.05) is 11.9 Å². The quantitative estimate of drug-likeness (QED) is 0.687. The second-order valence-corrected chi connectivity index (χ2v) is 7.78. The Labute approximate surface area is 155 Å². The number of morpholine rings is 1. The molecule has 7 heteroatoms. The number of carbonyl (C=O) groups excluding carboxylic acids is 1. The summed E-state index contributed by atoms with van der Waals surface area (Å²) in [5.74, 6) is -0.259. The lowest BCUT2D eigenvalue weighted by atomic mass is 10.2. The van der Waals surface area contributed by atoms with E-state index in [2.05, 4.69) is 5.10 Å². The third kappa shape index (κ3) is 2.91. The summed E-state index contributed by atoms with van der Waals surface area (Å²) in [5, 5.41) is 5.50. The molecule has 1 fully saturated rings. The number of ether oxygens (including phenoxy) is 1. The van der Waals surface area contributed by atoms with E-state index in [9.17, 15) is 9.18 Å². The Kier molecular flexibility index (Phi) is 4.28. The summed E-state index contributed by atoms with van der Waals surface area (Å²) in [4.78, 5) is 16.5. The van der Waals surface area contributed by atoms with E-state index in [1.807, 2.05) is 31.7 Å². The molecule has 0 spiro atoms. The van der Waals surface area contributed by atoms with E-state index in [1.165, 1.54) is 23.5 Å². The molecule has 3 heterocycles. The van der Waals surface area contributed by atoms with Crippen molar-refractivity contribution in [1.82, 2.24) is 14.7 Å². The first-order chi connectivity index (χ1) is 12.4. The molecule has 1 saturated heterocycles. The lowest BCUT2D eigenvalue weighted by Gasteiger charge is -2.36. The number of aryl methyl sites for hydroxylation is 1. The van der Waals surface area contributed by atoms with E-state index in [1.54, 1.807) is 16.8 Å². The van der Waals surface area contributed by atoms with Gasteiger partial charge in [-0.1, -0.05) is 0 Å². The number of halogens is 1. The van der Waals surface area contributed by atoms with Crippen molar-refractivity contribution in [3.05, 3.63) is 46.7 Å². The molecule has 1 aliphatic rings. The van der Waals surface area contributed by atoms with E-state index in [0.717, 1.165) is 21.6 Å². The van der Waals surface area contributed by atoms with Crippen LogP contribution in [0.1, 0.15) is 29.2 Å². The van der Waals surface area contributed by atoms with E-state index < -0.39 is 0 Å². The number of hydrogen-bond donors (Lipinski definition) is 0. The van der Waals surface area contributed by atoms with Crippen molar-refractivity contribution in [2.24, 2.45) is 0 Å². The van der Waals surface area contributed by atoms with E-state index >= 15 is 0 Å². The molecule has 2 atom stereocenters. The summed E-state index contributed by atoms with van der Waals surface area (Å²) < 4.78 is 20.6. The molecule has 1 aliphatic heterocycles. The number of fused-ring (bicyclic) bond motifs is 1. The van der Waals surface area contributed by atoms with Gasteiger partial charge in [0.15, 0.2) is 0 Å². The van der Waals surface area contributed by atoms with Crippen LogP contribution in [0.25, 0.3) is 15.9 Å². The topological polar surface area (TPSA) is 47.4 Å². The van der Waals surface area contributed by atoms with Gasteiger partial charge in [0.25, 0.3) is 5.91 Å². The van der Waals surface area contributed by atoms with Crippen LogP contribution in [0, 0.1) is 12.7 Å². The molecule has 0 bridgehead atoms. The summed E-state index contributed by atoms with van der Waals surface area (Å²) in [6, 6.07) is 8.17. The zero-order chi connectivity index (χ0) is 18.4. The zero-order valence-corrected chi connectivity index (χ0v) is 15.7. The third-order valence-electron chi connectivity index (χ3n) is 4.70. The Morgan fingerprint density at radius 3 is 2.77 bits per heavy atom. The number of thiophene rings is 1. The number of carbonyl (C=O) groups is 1. The van der Waals surface area contributed by atoms with Crippen molar-refractivity contribution >= 4 is 27.5 Å². The molecule has 1 aromatic carbocycles. The van der Waals surface area contributed by atoms with Gasteiger partial charge in [-0.05, 0) is 51.1 Å². The molecule has 5 nitrogen and oxygen atoms in total. The van der Waals surface area contributed by atoms with Crippen molar-refractivity contribution in [2.45, 2.75) is 32.9 Å². The summed E-state index contributed by atoms with van der Waals surface area (Å²) in [6.45, 7) is 7.05. The smallest absolute Gasteiger partial charge is 0.264 e. The molecule has 0 radical (unpaired) electrons. The minimum Gasteiger partial charge on any atom is -0.375 e. The molecule has 0 N–H and O–H groups in total. The van der Waals surface area contributed by atoms with E-state index in [4.69, 9.17) is 4.74 Å². The van der Waals surface area contributed by atoms with Gasteiger partial charge >= 0.3 is 0 Å². The highest BCUT2D eigenvalue weighted by atomic mass is 32.1. The average molecular weight is 373 g/mol. The van der Waals surface area contributed by atoms with Gasteiger partial charge in [-0.3, -0.25) is 4.79 Å². The van der Waals surface area contributed by atoms with Crippen molar-refractivity contribution in [2.75, 3.05) is 13.2 Å². The standard InChI is InChI=1S/C19H20FN3O2S/c1-11-10-25-12(2)9-22(11)18(24)17-8-16-13(3)21-23(19(16)26-17)15-6-4-14(20)5-7-15/h4-8,11-12H,9-10H2,1-3H3. The van der Waals surface area contributed by atoms with Crippen LogP contribution in [0.15, 0.2) is 30.3 Å². The maximum atomic E-state index is 13.2. The Bertz CT molecular complexity index is 963. The highest BCUT2D eigenvalue weighted by molar-refractivity contribution is 7.20. The van der Waals surface area contributed by atoms with E-state index in [0.29, 0.717) is 18.0 Å². The summed E-state index contributed by atoms with van der Waals surface area (Å²) in [6.07, 6.45) is 0.0426. The molecular weight excluding hydrogens is 353 g/mol. The molecule has 0 saturated carbocycles. The second-order valence-electron chi connectivity index (χ2n) is 6.75. The monoisotopic (exact) mass is 373 g/mol. The molecule has 3 aromatic rings. The van der Waals surface area contributed by atoms with Gasteiger partial charge in [0.1, 0.15) is 10.6 Å². The summed E-state index contributed by atoms with van der Waals surface area (Å²) in [7, 11) is 0. The molecule has 0 aliphatic carbocycles. The molecule has 26 heavy (non-hydrogen) atoms. The van der Waals surface area contributed by atoms with Crippen molar-refractivity contribution in [3.8, 4) is 5.69 Å². The van der Waals surface area contributed by atoms with Crippen LogP contribution in [-0.2, 0) is 4.74 Å². The Morgan fingerprint density at radius 2 is 2.04 bits per heavy atom. The summed E-state index contributed by atoms with van der Waals surface area (Å²) in [5.41, 5.74) is 1.63. The maximum Gasteiger partial charge on any atom is 0.264 e. The van der Waals surface area contributed by atoms with Gasteiger partial charge in [-0.15, -0.1) is 11.3 Å². The van der Waals surface area contributed by atoms with Gasteiger partial charge in [-0.25, -0.2) is 9.07 Å². The fourth-order valence-electron chi connectivity index (χ4n) is 3.24. The number of aromatic nitrogens is 2. The summed E-state index contributed by atoms with van der Waals surface area (Å²) >= 11 is 1.42. The van der Waals surface area contributed by atoms with Crippen LogP contribution in [0.3, 0.4) is 0 Å². The number of nitrogens with zero attached hydrogens (tertiary/aromatic N) is 3. The second kappa shape index (κ2) is 6.48. The first kappa shape index (κ1) is 17.2. The van der Waals surface area contributed by atoms with E-state index in [-0.39, 0.29) is 23.9 Å². The highest BCUT2D eigenvalue weighted by Gasteiger charge is 2.30. The molecule has 2 unspecified atom stereocenters. The Hall–Kier alpha value is -2.25.